The maximum absolute atomic E-state index is 4.64. The van der Waals surface area contributed by atoms with Gasteiger partial charge in [0.25, 0.3) is 0 Å². The minimum Gasteiger partial charge on any atom is -0.296 e. The zero-order valence-corrected chi connectivity index (χ0v) is 14.0. The highest BCUT2D eigenvalue weighted by atomic mass is 79.9. The first-order valence-electron chi connectivity index (χ1n) is 7.55. The highest BCUT2D eigenvalue weighted by Gasteiger charge is 2.26. The molecule has 2 atom stereocenters. The van der Waals surface area contributed by atoms with Crippen LogP contribution in [-0.2, 0) is 19.5 Å². The van der Waals surface area contributed by atoms with Crippen LogP contribution in [0.5, 0.6) is 0 Å². The minimum atomic E-state index is 0.648. The second-order valence-corrected chi connectivity index (χ2v) is 6.76. The Hall–Kier alpha value is -0.350. The van der Waals surface area contributed by atoms with E-state index in [1.807, 2.05) is 0 Å². The third-order valence-electron chi connectivity index (χ3n) is 4.20. The summed E-state index contributed by atoms with van der Waals surface area (Å²) in [4.78, 5) is 3.15. The zero-order chi connectivity index (χ0) is 13.8. The maximum Gasteiger partial charge on any atom is 0.0625 e. The van der Waals surface area contributed by atoms with Gasteiger partial charge in [-0.25, -0.2) is 0 Å². The van der Waals surface area contributed by atoms with Crippen molar-refractivity contribution >= 4 is 15.9 Å². The van der Waals surface area contributed by atoms with E-state index in [4.69, 9.17) is 0 Å². The molecule has 3 nitrogen and oxygen atoms in total. The van der Waals surface area contributed by atoms with Gasteiger partial charge in [0.15, 0.2) is 0 Å². The van der Waals surface area contributed by atoms with Gasteiger partial charge in [-0.2, -0.15) is 5.10 Å². The van der Waals surface area contributed by atoms with Crippen LogP contribution in [0.3, 0.4) is 0 Å². The highest BCUT2D eigenvalue weighted by molar-refractivity contribution is 9.09. The van der Waals surface area contributed by atoms with Crippen molar-refractivity contribution < 1.29 is 0 Å². The Labute approximate surface area is 125 Å². The molecule has 0 N–H and O–H groups in total. The molecular formula is C15H26BrN3. The van der Waals surface area contributed by atoms with Crippen molar-refractivity contribution in [2.24, 2.45) is 0 Å². The van der Waals surface area contributed by atoms with Crippen molar-refractivity contribution in [3.8, 4) is 0 Å². The predicted octanol–water partition coefficient (Wildman–Crippen LogP) is 3.60. The number of hydrogen-bond acceptors (Lipinski definition) is 2. The summed E-state index contributed by atoms with van der Waals surface area (Å²) in [5.41, 5.74) is 2.57. The van der Waals surface area contributed by atoms with Crippen molar-refractivity contribution in [1.29, 1.82) is 0 Å². The summed E-state index contributed by atoms with van der Waals surface area (Å²) in [5, 5.41) is 4.64. The molecular weight excluding hydrogens is 302 g/mol. The smallest absolute Gasteiger partial charge is 0.0625 e. The fourth-order valence-electron chi connectivity index (χ4n) is 3.02. The van der Waals surface area contributed by atoms with E-state index in [2.05, 4.69) is 57.6 Å². The van der Waals surface area contributed by atoms with Crippen LogP contribution in [0.4, 0.5) is 0 Å². The first kappa shape index (κ1) is 15.0. The molecule has 1 heterocycles. The normalized spacial score (nSPS) is 24.1. The van der Waals surface area contributed by atoms with Crippen molar-refractivity contribution in [3.05, 3.63) is 17.5 Å². The number of rotatable bonds is 5. The number of hydrogen-bond donors (Lipinski definition) is 0. The summed E-state index contributed by atoms with van der Waals surface area (Å²) in [6.45, 7) is 6.31. The average molecular weight is 328 g/mol. The zero-order valence-electron chi connectivity index (χ0n) is 12.4. The summed E-state index contributed by atoms with van der Waals surface area (Å²) >= 11 is 3.86. The van der Waals surface area contributed by atoms with Gasteiger partial charge in [-0.15, -0.1) is 0 Å². The van der Waals surface area contributed by atoms with Crippen LogP contribution in [0.15, 0.2) is 6.07 Å². The highest BCUT2D eigenvalue weighted by Crippen LogP contribution is 2.28. The fourth-order valence-corrected chi connectivity index (χ4v) is 4.02. The van der Waals surface area contributed by atoms with Crippen LogP contribution in [0, 0.1) is 0 Å². The van der Waals surface area contributed by atoms with Crippen LogP contribution >= 0.6 is 15.9 Å². The van der Waals surface area contributed by atoms with Gasteiger partial charge in [0.05, 0.1) is 11.4 Å². The second kappa shape index (κ2) is 6.89. The molecule has 1 fully saturated rings. The van der Waals surface area contributed by atoms with E-state index in [0.717, 1.165) is 19.5 Å². The molecule has 0 aromatic carbocycles. The molecule has 0 spiro atoms. The number of aromatic nitrogens is 2. The molecule has 0 bridgehead atoms. The monoisotopic (exact) mass is 327 g/mol. The lowest BCUT2D eigenvalue weighted by molar-refractivity contribution is 0.188. The molecule has 108 valence electrons. The van der Waals surface area contributed by atoms with Crippen molar-refractivity contribution in [1.82, 2.24) is 14.7 Å². The molecule has 19 heavy (non-hydrogen) atoms. The van der Waals surface area contributed by atoms with Crippen LogP contribution in [0.2, 0.25) is 0 Å². The van der Waals surface area contributed by atoms with E-state index in [0.29, 0.717) is 10.9 Å². The SMILES string of the molecule is CCc1cc(CN(C)C2CCCCC2Br)n(CC)n1. The lowest BCUT2D eigenvalue weighted by Gasteiger charge is -2.35. The quantitative estimate of drug-likeness (QED) is 0.770. The van der Waals surface area contributed by atoms with Crippen LogP contribution in [0.25, 0.3) is 0 Å². The standard InChI is InChI=1S/C15H26BrN3/c1-4-12-10-13(19(5-2)17-12)11-18(3)15-9-7-6-8-14(15)16/h10,14-15H,4-9,11H2,1-3H3. The van der Waals surface area contributed by atoms with Gasteiger partial charge in [-0.05, 0) is 39.3 Å². The summed E-state index contributed by atoms with van der Waals surface area (Å²) in [5.74, 6) is 0. The van der Waals surface area contributed by atoms with E-state index >= 15 is 0 Å². The number of alkyl halides is 1. The van der Waals surface area contributed by atoms with Gasteiger partial charge in [0.2, 0.25) is 0 Å². The summed E-state index contributed by atoms with van der Waals surface area (Å²) in [6.07, 6.45) is 6.38. The van der Waals surface area contributed by atoms with Crippen molar-refractivity contribution in [3.63, 3.8) is 0 Å². The Morgan fingerprint density at radius 3 is 2.74 bits per heavy atom. The van der Waals surface area contributed by atoms with E-state index in [9.17, 15) is 0 Å². The maximum atomic E-state index is 4.64. The molecule has 4 heteroatoms. The summed E-state index contributed by atoms with van der Waals surface area (Å²) < 4.78 is 2.15. The van der Waals surface area contributed by atoms with E-state index in [1.165, 1.54) is 37.1 Å². The van der Waals surface area contributed by atoms with Gasteiger partial charge in [-0.3, -0.25) is 9.58 Å². The molecule has 0 amide bonds. The molecule has 1 aliphatic rings. The molecule has 2 rings (SSSR count). The molecule has 1 saturated carbocycles. The molecule has 1 aromatic heterocycles. The largest absolute Gasteiger partial charge is 0.296 e. The van der Waals surface area contributed by atoms with Gasteiger partial charge in [0, 0.05) is 24.0 Å². The van der Waals surface area contributed by atoms with Gasteiger partial charge in [0.1, 0.15) is 0 Å². The Balaban J connectivity index is 2.04. The third-order valence-corrected chi connectivity index (χ3v) is 5.27. The molecule has 0 saturated heterocycles. The van der Waals surface area contributed by atoms with E-state index in [1.54, 1.807) is 0 Å². The first-order valence-corrected chi connectivity index (χ1v) is 8.47. The summed E-state index contributed by atoms with van der Waals surface area (Å²) in [6, 6.07) is 2.94. The Kier molecular flexibility index (Phi) is 5.46. The number of nitrogens with zero attached hydrogens (tertiary/aromatic N) is 3. The molecule has 0 aliphatic heterocycles. The fraction of sp³-hybridized carbons (Fsp3) is 0.800. The molecule has 2 unspecified atom stereocenters. The van der Waals surface area contributed by atoms with Crippen LogP contribution in [0.1, 0.15) is 50.9 Å². The number of halogens is 1. The number of aryl methyl sites for hydroxylation is 2. The lowest BCUT2D eigenvalue weighted by Crippen LogP contribution is -2.40. The van der Waals surface area contributed by atoms with Crippen molar-refractivity contribution in [2.75, 3.05) is 7.05 Å². The summed E-state index contributed by atoms with van der Waals surface area (Å²) in [7, 11) is 2.25. The van der Waals surface area contributed by atoms with Gasteiger partial charge in [-0.1, -0.05) is 35.7 Å². The van der Waals surface area contributed by atoms with Crippen LogP contribution < -0.4 is 0 Å². The van der Waals surface area contributed by atoms with Crippen molar-refractivity contribution in [2.45, 2.75) is 69.9 Å². The Bertz CT molecular complexity index is 402. The lowest BCUT2D eigenvalue weighted by atomic mass is 9.94. The third kappa shape index (κ3) is 3.60. The second-order valence-electron chi connectivity index (χ2n) is 5.58. The first-order chi connectivity index (χ1) is 9.15. The Morgan fingerprint density at radius 1 is 1.37 bits per heavy atom. The molecule has 1 aromatic rings. The van der Waals surface area contributed by atoms with E-state index in [-0.39, 0.29) is 0 Å². The van der Waals surface area contributed by atoms with Gasteiger partial charge >= 0.3 is 0 Å². The average Bonchev–Trinajstić information content (AvgIpc) is 2.81. The minimum absolute atomic E-state index is 0.648. The van der Waals surface area contributed by atoms with E-state index < -0.39 is 0 Å². The predicted molar refractivity (Wildman–Crippen MR) is 83.7 cm³/mol. The topological polar surface area (TPSA) is 21.1 Å². The molecule has 0 radical (unpaired) electrons. The molecule has 1 aliphatic carbocycles. The Morgan fingerprint density at radius 2 is 2.11 bits per heavy atom. The van der Waals surface area contributed by atoms with Gasteiger partial charge < -0.3 is 0 Å². The van der Waals surface area contributed by atoms with Crippen LogP contribution in [-0.4, -0.2) is 32.6 Å².